The van der Waals surface area contributed by atoms with Crippen molar-refractivity contribution in [2.75, 3.05) is 0 Å². The number of amides is 1. The van der Waals surface area contributed by atoms with Crippen LogP contribution in [-0.2, 0) is 6.54 Å². The molecular formula is C11H11N3O2. The van der Waals surface area contributed by atoms with Gasteiger partial charge in [0.1, 0.15) is 5.75 Å². The third-order valence-electron chi connectivity index (χ3n) is 2.11. The largest absolute Gasteiger partial charge is 0.508 e. The van der Waals surface area contributed by atoms with Crippen LogP contribution in [0.25, 0.3) is 0 Å². The number of phenolic OH excluding ortho intramolecular Hbond substituents is 1. The Morgan fingerprint density at radius 2 is 2.31 bits per heavy atom. The van der Waals surface area contributed by atoms with E-state index in [2.05, 4.69) is 15.5 Å². The van der Waals surface area contributed by atoms with Crippen molar-refractivity contribution < 1.29 is 9.90 Å². The average molecular weight is 217 g/mol. The average Bonchev–Trinajstić information content (AvgIpc) is 2.78. The van der Waals surface area contributed by atoms with E-state index in [1.807, 2.05) is 0 Å². The van der Waals surface area contributed by atoms with Crippen LogP contribution < -0.4 is 5.32 Å². The van der Waals surface area contributed by atoms with Gasteiger partial charge >= 0.3 is 0 Å². The number of hydrogen-bond acceptors (Lipinski definition) is 3. The summed E-state index contributed by atoms with van der Waals surface area (Å²) in [7, 11) is 0. The molecule has 0 aliphatic heterocycles. The molecule has 1 aromatic heterocycles. The molecule has 1 heterocycles. The van der Waals surface area contributed by atoms with Gasteiger partial charge in [0.2, 0.25) is 0 Å². The summed E-state index contributed by atoms with van der Waals surface area (Å²) >= 11 is 0. The number of phenols is 1. The Labute approximate surface area is 92.1 Å². The maximum Gasteiger partial charge on any atom is 0.251 e. The Hall–Kier alpha value is -2.30. The van der Waals surface area contributed by atoms with Crippen LogP contribution in [-0.4, -0.2) is 21.2 Å². The lowest BCUT2D eigenvalue weighted by Crippen LogP contribution is -2.22. The van der Waals surface area contributed by atoms with Crippen LogP contribution in [0.2, 0.25) is 0 Å². The molecule has 5 nitrogen and oxygen atoms in total. The third kappa shape index (κ3) is 2.38. The maximum atomic E-state index is 11.6. The van der Waals surface area contributed by atoms with Crippen molar-refractivity contribution in [1.82, 2.24) is 15.5 Å². The lowest BCUT2D eigenvalue weighted by atomic mass is 10.2. The highest BCUT2D eigenvalue weighted by molar-refractivity contribution is 5.94. The summed E-state index contributed by atoms with van der Waals surface area (Å²) in [6.45, 7) is 0.383. The van der Waals surface area contributed by atoms with E-state index in [1.165, 1.54) is 12.1 Å². The number of aromatic amines is 1. The van der Waals surface area contributed by atoms with E-state index < -0.39 is 0 Å². The van der Waals surface area contributed by atoms with E-state index in [0.29, 0.717) is 12.1 Å². The van der Waals surface area contributed by atoms with Gasteiger partial charge in [-0.25, -0.2) is 0 Å². The van der Waals surface area contributed by atoms with Gasteiger partial charge in [0.25, 0.3) is 5.91 Å². The van der Waals surface area contributed by atoms with Gasteiger partial charge in [-0.15, -0.1) is 0 Å². The molecule has 0 radical (unpaired) electrons. The summed E-state index contributed by atoms with van der Waals surface area (Å²) in [6, 6.07) is 7.99. The lowest BCUT2D eigenvalue weighted by Gasteiger charge is -2.03. The van der Waals surface area contributed by atoms with Crippen LogP contribution >= 0.6 is 0 Å². The molecule has 0 atom stereocenters. The third-order valence-corrected chi connectivity index (χ3v) is 2.11. The Morgan fingerprint density at radius 1 is 1.44 bits per heavy atom. The topological polar surface area (TPSA) is 78.0 Å². The zero-order valence-corrected chi connectivity index (χ0v) is 8.47. The van der Waals surface area contributed by atoms with Gasteiger partial charge in [-0.2, -0.15) is 5.10 Å². The number of aromatic nitrogens is 2. The summed E-state index contributed by atoms with van der Waals surface area (Å²) in [5, 5.41) is 18.4. The molecular weight excluding hydrogens is 206 g/mol. The highest BCUT2D eigenvalue weighted by atomic mass is 16.3. The van der Waals surface area contributed by atoms with Crippen LogP contribution in [0.15, 0.2) is 36.5 Å². The van der Waals surface area contributed by atoms with Crippen molar-refractivity contribution in [2.24, 2.45) is 0 Å². The molecule has 0 aliphatic carbocycles. The summed E-state index contributed by atoms with van der Waals surface area (Å²) in [4.78, 5) is 11.6. The molecule has 0 bridgehead atoms. The van der Waals surface area contributed by atoms with E-state index in [9.17, 15) is 9.90 Å². The van der Waals surface area contributed by atoms with Crippen molar-refractivity contribution in [3.63, 3.8) is 0 Å². The first-order valence-corrected chi connectivity index (χ1v) is 4.81. The Kier molecular flexibility index (Phi) is 2.86. The van der Waals surface area contributed by atoms with Crippen LogP contribution in [0.5, 0.6) is 5.75 Å². The second-order valence-electron chi connectivity index (χ2n) is 3.31. The van der Waals surface area contributed by atoms with Crippen LogP contribution in [0, 0.1) is 0 Å². The van der Waals surface area contributed by atoms with Gasteiger partial charge in [0, 0.05) is 11.8 Å². The molecule has 3 N–H and O–H groups in total. The Balaban J connectivity index is 1.98. The SMILES string of the molecule is O=C(NCc1ccn[nH]1)c1cccc(O)c1. The quantitative estimate of drug-likeness (QED) is 0.719. The van der Waals surface area contributed by atoms with Crippen molar-refractivity contribution >= 4 is 5.91 Å². The summed E-state index contributed by atoms with van der Waals surface area (Å²) in [5.41, 5.74) is 1.26. The molecule has 2 aromatic rings. The fraction of sp³-hybridized carbons (Fsp3) is 0.0909. The summed E-state index contributed by atoms with van der Waals surface area (Å²) in [5.74, 6) is -0.153. The van der Waals surface area contributed by atoms with Crippen molar-refractivity contribution in [2.45, 2.75) is 6.54 Å². The molecule has 0 spiro atoms. The second kappa shape index (κ2) is 4.48. The van der Waals surface area contributed by atoms with Gasteiger partial charge in [-0.05, 0) is 24.3 Å². The number of aromatic hydroxyl groups is 1. The number of hydrogen-bond donors (Lipinski definition) is 3. The molecule has 1 amide bonds. The second-order valence-corrected chi connectivity index (χ2v) is 3.31. The van der Waals surface area contributed by atoms with Crippen molar-refractivity contribution in [3.8, 4) is 5.75 Å². The van der Waals surface area contributed by atoms with Gasteiger partial charge in [-0.1, -0.05) is 6.07 Å². The molecule has 5 heteroatoms. The zero-order valence-electron chi connectivity index (χ0n) is 8.47. The minimum Gasteiger partial charge on any atom is -0.508 e. The first kappa shape index (κ1) is 10.2. The lowest BCUT2D eigenvalue weighted by molar-refractivity contribution is 0.0950. The Morgan fingerprint density at radius 3 is 3.00 bits per heavy atom. The number of benzene rings is 1. The van der Waals surface area contributed by atoms with E-state index in [4.69, 9.17) is 0 Å². The smallest absolute Gasteiger partial charge is 0.251 e. The molecule has 0 fully saturated rings. The normalized spacial score (nSPS) is 10.0. The molecule has 2 rings (SSSR count). The molecule has 82 valence electrons. The fourth-order valence-corrected chi connectivity index (χ4v) is 1.31. The van der Waals surface area contributed by atoms with E-state index in [1.54, 1.807) is 24.4 Å². The molecule has 1 aromatic carbocycles. The first-order valence-electron chi connectivity index (χ1n) is 4.81. The minimum atomic E-state index is -0.231. The number of carbonyl (C=O) groups is 1. The fourth-order valence-electron chi connectivity index (χ4n) is 1.31. The maximum absolute atomic E-state index is 11.6. The van der Waals surface area contributed by atoms with Crippen LogP contribution in [0.1, 0.15) is 16.1 Å². The van der Waals surface area contributed by atoms with Gasteiger partial charge in [-0.3, -0.25) is 9.89 Å². The number of H-pyrrole nitrogens is 1. The molecule has 0 aliphatic rings. The predicted octanol–water partition coefficient (Wildman–Crippen LogP) is 1.05. The van der Waals surface area contributed by atoms with Crippen molar-refractivity contribution in [1.29, 1.82) is 0 Å². The zero-order chi connectivity index (χ0) is 11.4. The van der Waals surface area contributed by atoms with Crippen molar-refractivity contribution in [3.05, 3.63) is 47.8 Å². The molecule has 0 saturated carbocycles. The van der Waals surface area contributed by atoms with E-state index >= 15 is 0 Å². The van der Waals surface area contributed by atoms with E-state index in [0.717, 1.165) is 5.69 Å². The Bertz CT molecular complexity index is 480. The summed E-state index contributed by atoms with van der Waals surface area (Å²) < 4.78 is 0. The van der Waals surface area contributed by atoms with Crippen LogP contribution in [0.3, 0.4) is 0 Å². The number of nitrogens with one attached hydrogen (secondary N) is 2. The predicted molar refractivity (Wildman–Crippen MR) is 57.9 cm³/mol. The monoisotopic (exact) mass is 217 g/mol. The van der Waals surface area contributed by atoms with Gasteiger partial charge in [0.15, 0.2) is 0 Å². The standard InChI is InChI=1S/C11H11N3O2/c15-10-3-1-2-8(6-10)11(16)12-7-9-4-5-13-14-9/h1-6,15H,7H2,(H,12,16)(H,13,14). The first-order chi connectivity index (χ1) is 7.75. The number of carbonyl (C=O) groups excluding carboxylic acids is 1. The highest BCUT2D eigenvalue weighted by Gasteiger charge is 2.05. The highest BCUT2D eigenvalue weighted by Crippen LogP contribution is 2.10. The number of rotatable bonds is 3. The number of nitrogens with zero attached hydrogens (tertiary/aromatic N) is 1. The molecule has 0 saturated heterocycles. The summed E-state index contributed by atoms with van der Waals surface area (Å²) in [6.07, 6.45) is 1.62. The minimum absolute atomic E-state index is 0.0780. The van der Waals surface area contributed by atoms with Gasteiger partial charge < -0.3 is 10.4 Å². The molecule has 0 unspecified atom stereocenters. The van der Waals surface area contributed by atoms with Gasteiger partial charge in [0.05, 0.1) is 12.2 Å². The van der Waals surface area contributed by atoms with E-state index in [-0.39, 0.29) is 11.7 Å². The van der Waals surface area contributed by atoms with Crippen LogP contribution in [0.4, 0.5) is 0 Å². The molecule has 16 heavy (non-hydrogen) atoms.